The molecule has 0 spiro atoms. The highest BCUT2D eigenvalue weighted by Gasteiger charge is 2.50. The van der Waals surface area contributed by atoms with Gasteiger partial charge in [-0.2, -0.15) is 0 Å². The minimum Gasteiger partial charge on any atom is -0.478 e. The van der Waals surface area contributed by atoms with Gasteiger partial charge in [0.2, 0.25) is 0 Å². The second kappa shape index (κ2) is 18.1. The van der Waals surface area contributed by atoms with E-state index in [9.17, 15) is 0 Å². The van der Waals surface area contributed by atoms with Crippen LogP contribution in [0.25, 0.3) is 44.5 Å². The average Bonchev–Trinajstić information content (AvgIpc) is 4.06. The quantitative estimate of drug-likeness (QED) is 0.124. The first-order chi connectivity index (χ1) is 30.2. The summed E-state index contributed by atoms with van der Waals surface area (Å²) in [7, 11) is 0. The summed E-state index contributed by atoms with van der Waals surface area (Å²) in [5.74, 6) is 2.71. The van der Waals surface area contributed by atoms with Gasteiger partial charge in [0, 0.05) is 0 Å². The van der Waals surface area contributed by atoms with Crippen LogP contribution in [0.15, 0.2) is 168 Å². The van der Waals surface area contributed by atoms with E-state index >= 15 is 0 Å². The third-order valence-corrected chi connectivity index (χ3v) is 14.0. The summed E-state index contributed by atoms with van der Waals surface area (Å²) in [6, 6.07) is 57.8. The van der Waals surface area contributed by atoms with Crippen LogP contribution >= 0.6 is 0 Å². The van der Waals surface area contributed by atoms with Gasteiger partial charge >= 0.3 is 0 Å². The molecule has 0 saturated heterocycles. The molecule has 10 rings (SSSR count). The first-order valence-electron chi connectivity index (χ1n) is 23.1. The second-order valence-corrected chi connectivity index (χ2v) is 18.2. The summed E-state index contributed by atoms with van der Waals surface area (Å²) in [5.41, 5.74) is 11.3. The number of aliphatic imine (C=N–C) groups is 2. The maximum atomic E-state index is 7.07. The van der Waals surface area contributed by atoms with Gasteiger partial charge in [0.25, 0.3) is 0 Å². The zero-order valence-electron chi connectivity index (χ0n) is 35.4. The molecule has 308 valence electrons. The minimum absolute atomic E-state index is 0.150. The Bertz CT molecular complexity index is 2160. The van der Waals surface area contributed by atoms with E-state index in [0.29, 0.717) is 37.9 Å². The van der Waals surface area contributed by atoms with Crippen molar-refractivity contribution in [3.8, 4) is 44.5 Å². The Balaban J connectivity index is 1.17. The fraction of sp³-hybridized carbons (Fsp3) is 0.333. The van der Waals surface area contributed by atoms with Crippen molar-refractivity contribution < 1.29 is 9.47 Å². The SMILES string of the molecule is c1ccc(-c2cc(CC(Cc3cc(-c4ccccc4)cc(-c4ccccc4)c3)(C3=NC(C4CCCCC4)CO3)C3=NC(C4CCCCC4)CO3)cc(-c3ccccc3)c2)cc1. The molecule has 6 aromatic rings. The van der Waals surface area contributed by atoms with Crippen LogP contribution in [-0.2, 0) is 22.3 Å². The van der Waals surface area contributed by atoms with E-state index in [1.807, 2.05) is 0 Å². The van der Waals surface area contributed by atoms with Gasteiger partial charge in [0.05, 0.1) is 12.1 Å². The molecule has 2 saturated carbocycles. The van der Waals surface area contributed by atoms with E-state index in [-0.39, 0.29) is 12.1 Å². The van der Waals surface area contributed by atoms with Crippen molar-refractivity contribution in [3.63, 3.8) is 0 Å². The number of benzene rings is 6. The van der Waals surface area contributed by atoms with Gasteiger partial charge in [-0.25, -0.2) is 9.98 Å². The van der Waals surface area contributed by atoms with Crippen molar-refractivity contribution in [1.82, 2.24) is 0 Å². The summed E-state index contributed by atoms with van der Waals surface area (Å²) in [6.07, 6.45) is 13.9. The Morgan fingerprint density at radius 3 is 1.00 bits per heavy atom. The van der Waals surface area contributed by atoms with E-state index in [0.717, 1.165) is 11.8 Å². The molecule has 2 aliphatic heterocycles. The van der Waals surface area contributed by atoms with E-state index in [1.54, 1.807) is 0 Å². The molecule has 2 heterocycles. The third kappa shape index (κ3) is 8.73. The molecule has 0 bridgehead atoms. The van der Waals surface area contributed by atoms with Crippen LogP contribution in [0.4, 0.5) is 0 Å². The number of hydrogen-bond acceptors (Lipinski definition) is 4. The van der Waals surface area contributed by atoms with Crippen LogP contribution in [0.5, 0.6) is 0 Å². The Labute approximate surface area is 362 Å². The topological polar surface area (TPSA) is 43.2 Å². The lowest BCUT2D eigenvalue weighted by molar-refractivity contribution is 0.212. The molecule has 2 aliphatic carbocycles. The van der Waals surface area contributed by atoms with Crippen LogP contribution < -0.4 is 0 Å². The van der Waals surface area contributed by atoms with Crippen molar-refractivity contribution >= 4 is 11.8 Å². The lowest BCUT2D eigenvalue weighted by Crippen LogP contribution is -2.44. The number of rotatable bonds is 12. The Hall–Kier alpha value is -5.74. The summed E-state index contributed by atoms with van der Waals surface area (Å²) in [4.78, 5) is 11.4. The summed E-state index contributed by atoms with van der Waals surface area (Å²) in [6.45, 7) is 1.25. The fourth-order valence-corrected chi connectivity index (χ4v) is 10.8. The number of nitrogens with zero attached hydrogens (tertiary/aromatic N) is 2. The van der Waals surface area contributed by atoms with Crippen molar-refractivity contribution in [2.45, 2.75) is 89.1 Å². The molecule has 6 aromatic carbocycles. The van der Waals surface area contributed by atoms with Gasteiger partial charge in [-0.15, -0.1) is 0 Å². The first kappa shape index (κ1) is 39.4. The van der Waals surface area contributed by atoms with E-state index in [4.69, 9.17) is 19.5 Å². The zero-order valence-corrected chi connectivity index (χ0v) is 35.4. The Morgan fingerprint density at radius 1 is 0.377 bits per heavy atom. The van der Waals surface area contributed by atoms with E-state index in [2.05, 4.69) is 158 Å². The predicted molar refractivity (Wildman–Crippen MR) is 252 cm³/mol. The summed E-state index contributed by atoms with van der Waals surface area (Å²) < 4.78 is 14.1. The summed E-state index contributed by atoms with van der Waals surface area (Å²) in [5, 5.41) is 0. The molecule has 4 nitrogen and oxygen atoms in total. The van der Waals surface area contributed by atoms with Crippen LogP contribution in [0.3, 0.4) is 0 Å². The summed E-state index contributed by atoms with van der Waals surface area (Å²) >= 11 is 0. The van der Waals surface area contributed by atoms with Crippen LogP contribution in [0, 0.1) is 17.3 Å². The Morgan fingerprint density at radius 2 is 0.689 bits per heavy atom. The molecular formula is C57H58N2O2. The lowest BCUT2D eigenvalue weighted by Gasteiger charge is -2.33. The Kier molecular flexibility index (Phi) is 11.7. The minimum atomic E-state index is -0.765. The number of ether oxygens (including phenoxy) is 2. The number of hydrogen-bond donors (Lipinski definition) is 0. The largest absolute Gasteiger partial charge is 0.478 e. The second-order valence-electron chi connectivity index (χ2n) is 18.2. The molecule has 0 aromatic heterocycles. The first-order valence-corrected chi connectivity index (χ1v) is 23.1. The molecule has 2 unspecified atom stereocenters. The normalized spacial score (nSPS) is 19.8. The lowest BCUT2D eigenvalue weighted by atomic mass is 9.74. The van der Waals surface area contributed by atoms with Crippen molar-refractivity contribution in [2.75, 3.05) is 13.2 Å². The highest BCUT2D eigenvalue weighted by Crippen LogP contribution is 2.43. The van der Waals surface area contributed by atoms with Gasteiger partial charge < -0.3 is 9.47 Å². The van der Waals surface area contributed by atoms with Gasteiger partial charge in [-0.1, -0.05) is 184 Å². The standard InChI is InChI=1S/C57H58N2O2/c1-7-19-43(20-8-1)49-31-41(32-50(35-49)44-21-9-2-10-22-44)37-57(55-58-53(39-60-55)47-27-15-5-16-28-47,56-59-54(40-61-56)48-29-17-6-18-30-48)38-42-33-51(45-23-11-3-12-24-45)36-52(34-42)46-25-13-4-14-26-46/h1-4,7-14,19-26,31-36,47-48,53-54H,5-6,15-18,27-30,37-40H2. The van der Waals surface area contributed by atoms with Crippen molar-refractivity contribution in [3.05, 3.63) is 169 Å². The van der Waals surface area contributed by atoms with Gasteiger partial charge in [-0.05, 0) is 118 Å². The van der Waals surface area contributed by atoms with Gasteiger partial charge in [0.15, 0.2) is 11.8 Å². The fourth-order valence-electron chi connectivity index (χ4n) is 10.8. The maximum absolute atomic E-state index is 7.07. The molecular weight excluding hydrogens is 745 g/mol. The maximum Gasteiger partial charge on any atom is 0.200 e. The van der Waals surface area contributed by atoms with Crippen molar-refractivity contribution in [2.24, 2.45) is 27.2 Å². The highest BCUT2D eigenvalue weighted by molar-refractivity contribution is 6.07. The van der Waals surface area contributed by atoms with Gasteiger partial charge in [0.1, 0.15) is 18.6 Å². The smallest absolute Gasteiger partial charge is 0.200 e. The van der Waals surface area contributed by atoms with Crippen LogP contribution in [0.2, 0.25) is 0 Å². The molecule has 4 aliphatic rings. The monoisotopic (exact) mass is 802 g/mol. The molecule has 4 heteroatoms. The average molecular weight is 803 g/mol. The molecule has 0 N–H and O–H groups in total. The van der Waals surface area contributed by atoms with E-state index < -0.39 is 5.41 Å². The molecule has 2 fully saturated rings. The zero-order chi connectivity index (χ0) is 40.9. The van der Waals surface area contributed by atoms with Crippen LogP contribution in [0.1, 0.15) is 75.3 Å². The third-order valence-electron chi connectivity index (χ3n) is 14.0. The molecule has 2 atom stereocenters. The highest BCUT2D eigenvalue weighted by atomic mass is 16.5. The molecule has 0 amide bonds. The molecule has 61 heavy (non-hydrogen) atoms. The van der Waals surface area contributed by atoms with Gasteiger partial charge in [-0.3, -0.25) is 0 Å². The van der Waals surface area contributed by atoms with Crippen LogP contribution in [-0.4, -0.2) is 37.1 Å². The molecule has 0 radical (unpaired) electrons. The van der Waals surface area contributed by atoms with Crippen molar-refractivity contribution in [1.29, 1.82) is 0 Å². The van der Waals surface area contributed by atoms with E-state index in [1.165, 1.54) is 120 Å². The predicted octanol–water partition coefficient (Wildman–Crippen LogP) is 13.9.